The molecular weight excluding hydrogens is 242 g/mol. The first kappa shape index (κ1) is 14.1. The van der Waals surface area contributed by atoms with E-state index in [9.17, 15) is 0 Å². The van der Waals surface area contributed by atoms with Crippen LogP contribution in [0.1, 0.15) is 81.9 Å². The normalized spacial score (nSPS) is 27.4. The van der Waals surface area contributed by atoms with Crippen LogP contribution in [0, 0.1) is 5.41 Å². The van der Waals surface area contributed by atoms with Gasteiger partial charge in [-0.25, -0.2) is 0 Å². The number of rotatable bonds is 2. The van der Waals surface area contributed by atoms with Crippen LogP contribution in [0.2, 0.25) is 0 Å². The molecule has 0 spiro atoms. The van der Waals surface area contributed by atoms with Crippen LogP contribution in [-0.4, -0.2) is 6.54 Å². The maximum Gasteiger partial charge on any atom is 0.0320 e. The molecule has 2 fully saturated rings. The van der Waals surface area contributed by atoms with E-state index in [0.29, 0.717) is 11.5 Å². The highest BCUT2D eigenvalue weighted by molar-refractivity contribution is 5.28. The van der Waals surface area contributed by atoms with E-state index < -0.39 is 0 Å². The van der Waals surface area contributed by atoms with E-state index in [1.807, 2.05) is 0 Å². The van der Waals surface area contributed by atoms with Gasteiger partial charge in [0, 0.05) is 6.04 Å². The lowest BCUT2D eigenvalue weighted by Crippen LogP contribution is -2.26. The summed E-state index contributed by atoms with van der Waals surface area (Å²) in [5.74, 6) is 0.802. The van der Waals surface area contributed by atoms with Crippen molar-refractivity contribution < 1.29 is 0 Å². The number of benzene rings is 1. The van der Waals surface area contributed by atoms with Gasteiger partial charge in [-0.15, -0.1) is 0 Å². The predicted octanol–water partition coefficient (Wildman–Crippen LogP) is 5.19. The molecule has 1 saturated heterocycles. The molecular formula is C19H29N. The maximum absolute atomic E-state index is 3.65. The first-order chi connectivity index (χ1) is 9.64. The third-order valence-corrected chi connectivity index (χ3v) is 5.46. The molecule has 1 aromatic rings. The van der Waals surface area contributed by atoms with Crippen LogP contribution in [0.25, 0.3) is 0 Å². The lowest BCUT2D eigenvalue weighted by atomic mass is 9.71. The van der Waals surface area contributed by atoms with Crippen LogP contribution in [-0.2, 0) is 0 Å². The number of nitrogens with one attached hydrogen (secondary N) is 1. The second kappa shape index (κ2) is 5.89. The molecule has 0 radical (unpaired) electrons. The van der Waals surface area contributed by atoms with Gasteiger partial charge in [0.1, 0.15) is 0 Å². The van der Waals surface area contributed by atoms with Crippen LogP contribution in [0.4, 0.5) is 0 Å². The Hall–Kier alpha value is -0.820. The molecule has 1 unspecified atom stereocenters. The van der Waals surface area contributed by atoms with Gasteiger partial charge in [0.05, 0.1) is 0 Å². The fourth-order valence-electron chi connectivity index (χ4n) is 3.87. The minimum absolute atomic E-state index is 0.572. The summed E-state index contributed by atoms with van der Waals surface area (Å²) in [4.78, 5) is 0. The highest BCUT2D eigenvalue weighted by Gasteiger charge is 2.27. The van der Waals surface area contributed by atoms with Crippen molar-refractivity contribution in [2.45, 2.75) is 70.8 Å². The summed E-state index contributed by atoms with van der Waals surface area (Å²) in [5.41, 5.74) is 3.63. The molecule has 0 bridgehead atoms. The first-order valence-corrected chi connectivity index (χ1v) is 8.47. The quantitative estimate of drug-likeness (QED) is 0.781. The van der Waals surface area contributed by atoms with Crippen LogP contribution < -0.4 is 5.32 Å². The molecule has 110 valence electrons. The van der Waals surface area contributed by atoms with Crippen molar-refractivity contribution in [3.63, 3.8) is 0 Å². The molecule has 1 atom stereocenters. The minimum Gasteiger partial charge on any atom is -0.310 e. The van der Waals surface area contributed by atoms with Gasteiger partial charge in [0.15, 0.2) is 0 Å². The molecule has 2 aliphatic rings. The van der Waals surface area contributed by atoms with Gasteiger partial charge in [0.25, 0.3) is 0 Å². The van der Waals surface area contributed by atoms with Crippen molar-refractivity contribution in [2.75, 3.05) is 6.54 Å². The minimum atomic E-state index is 0.572. The molecule has 20 heavy (non-hydrogen) atoms. The molecule has 1 aromatic carbocycles. The van der Waals surface area contributed by atoms with Gasteiger partial charge in [-0.05, 0) is 67.5 Å². The Morgan fingerprint density at radius 2 is 1.55 bits per heavy atom. The molecule has 3 rings (SSSR count). The summed E-state index contributed by atoms with van der Waals surface area (Å²) in [5, 5.41) is 3.65. The van der Waals surface area contributed by atoms with Gasteiger partial charge in [-0.3, -0.25) is 0 Å². The Kier molecular flexibility index (Phi) is 4.16. The van der Waals surface area contributed by atoms with Gasteiger partial charge >= 0.3 is 0 Å². The van der Waals surface area contributed by atoms with E-state index in [1.165, 1.54) is 57.1 Å². The Bertz CT molecular complexity index is 416. The van der Waals surface area contributed by atoms with Crippen LogP contribution >= 0.6 is 0 Å². The molecule has 1 N–H and O–H groups in total. The van der Waals surface area contributed by atoms with Crippen molar-refractivity contribution >= 4 is 0 Å². The summed E-state index contributed by atoms with van der Waals surface area (Å²) >= 11 is 0. The Balaban J connectivity index is 1.64. The van der Waals surface area contributed by atoms with E-state index in [2.05, 4.69) is 43.4 Å². The third kappa shape index (κ3) is 3.25. The second-order valence-corrected chi connectivity index (χ2v) is 7.61. The van der Waals surface area contributed by atoms with Crippen LogP contribution in [0.3, 0.4) is 0 Å². The number of hydrogen-bond acceptors (Lipinski definition) is 1. The van der Waals surface area contributed by atoms with Crippen LogP contribution in [0.5, 0.6) is 0 Å². The van der Waals surface area contributed by atoms with Gasteiger partial charge in [-0.2, -0.15) is 0 Å². The molecule has 0 aromatic heterocycles. The third-order valence-electron chi connectivity index (χ3n) is 5.46. The van der Waals surface area contributed by atoms with Crippen molar-refractivity contribution in [3.8, 4) is 0 Å². The SMILES string of the molecule is CC1(C)CCC(c2ccc(C3CCCCN3)cc2)CC1. The lowest BCUT2D eigenvalue weighted by Gasteiger charge is -2.34. The average Bonchev–Trinajstić information content (AvgIpc) is 2.48. The standard InChI is InChI=1S/C19H29N/c1-19(2)12-10-16(11-13-19)15-6-8-17(9-7-15)18-5-3-4-14-20-18/h6-9,16,18,20H,3-5,10-14H2,1-2H3. The van der Waals surface area contributed by atoms with E-state index in [-0.39, 0.29) is 0 Å². The molecule has 1 heterocycles. The summed E-state index contributed by atoms with van der Waals surface area (Å²) in [6.45, 7) is 6.02. The number of hydrogen-bond donors (Lipinski definition) is 1. The van der Waals surface area contributed by atoms with Crippen LogP contribution in [0.15, 0.2) is 24.3 Å². The topological polar surface area (TPSA) is 12.0 Å². The molecule has 1 heteroatoms. The Morgan fingerprint density at radius 3 is 2.15 bits per heavy atom. The summed E-state index contributed by atoms with van der Waals surface area (Å²) in [7, 11) is 0. The zero-order chi connectivity index (χ0) is 14.0. The van der Waals surface area contributed by atoms with E-state index in [1.54, 1.807) is 5.56 Å². The largest absolute Gasteiger partial charge is 0.310 e. The van der Waals surface area contributed by atoms with Crippen molar-refractivity contribution in [1.29, 1.82) is 0 Å². The van der Waals surface area contributed by atoms with E-state index >= 15 is 0 Å². The number of piperidine rings is 1. The Morgan fingerprint density at radius 1 is 0.900 bits per heavy atom. The van der Waals surface area contributed by atoms with Gasteiger partial charge in [-0.1, -0.05) is 44.5 Å². The fourth-order valence-corrected chi connectivity index (χ4v) is 3.87. The lowest BCUT2D eigenvalue weighted by molar-refractivity contribution is 0.224. The maximum atomic E-state index is 3.65. The van der Waals surface area contributed by atoms with E-state index in [4.69, 9.17) is 0 Å². The average molecular weight is 271 g/mol. The highest BCUT2D eigenvalue weighted by atomic mass is 14.9. The van der Waals surface area contributed by atoms with Crippen molar-refractivity contribution in [1.82, 2.24) is 5.32 Å². The predicted molar refractivity (Wildman–Crippen MR) is 86.0 cm³/mol. The molecule has 0 amide bonds. The summed E-state index contributed by atoms with van der Waals surface area (Å²) in [6, 6.07) is 10.1. The summed E-state index contributed by atoms with van der Waals surface area (Å²) in [6.07, 6.45) is 9.51. The van der Waals surface area contributed by atoms with Crippen molar-refractivity contribution in [2.24, 2.45) is 5.41 Å². The van der Waals surface area contributed by atoms with E-state index in [0.717, 1.165) is 5.92 Å². The van der Waals surface area contributed by atoms with Crippen molar-refractivity contribution in [3.05, 3.63) is 35.4 Å². The zero-order valence-electron chi connectivity index (χ0n) is 13.1. The molecule has 1 nitrogen and oxygen atoms in total. The Labute approximate surface area is 124 Å². The van der Waals surface area contributed by atoms with Gasteiger partial charge < -0.3 is 5.32 Å². The van der Waals surface area contributed by atoms with Gasteiger partial charge in [0.2, 0.25) is 0 Å². The molecule has 1 saturated carbocycles. The highest BCUT2D eigenvalue weighted by Crippen LogP contribution is 2.42. The smallest absolute Gasteiger partial charge is 0.0320 e. The first-order valence-electron chi connectivity index (χ1n) is 8.47. The second-order valence-electron chi connectivity index (χ2n) is 7.61. The fraction of sp³-hybridized carbons (Fsp3) is 0.684. The summed E-state index contributed by atoms with van der Waals surface area (Å²) < 4.78 is 0. The molecule has 1 aliphatic heterocycles. The monoisotopic (exact) mass is 271 g/mol. The zero-order valence-corrected chi connectivity index (χ0v) is 13.1. The molecule has 1 aliphatic carbocycles.